The molecule has 1 aliphatic carbocycles. The number of hydrogen-bond donors (Lipinski definition) is 0. The number of fused-ring (bicyclic) bond motifs is 2. The van der Waals surface area contributed by atoms with Gasteiger partial charge in [-0.2, -0.15) is 18.3 Å². The van der Waals surface area contributed by atoms with E-state index in [0.29, 0.717) is 0 Å². The van der Waals surface area contributed by atoms with Crippen LogP contribution in [0.25, 0.3) is 55.2 Å². The number of aromatic nitrogens is 4. The van der Waals surface area contributed by atoms with Gasteiger partial charge in [0.1, 0.15) is 22.2 Å². The Hall–Kier alpha value is -5.22. The standard InChI is InChI=1S/C44H34N4/c1-41(2)27-19-17-25-23-11-7-13-29-35(23)47-37(25)33(27)44(45-21-9-15-31(39(45)47)42(29,3)4)34-28(41)20-18-26-24-12-8-14-30-36(24)48(38(26)34)40-32(43(30,5)6)16-10-22-46(40)44/h7-22H,1-6H3/q+2. The smallest absolute Gasteiger partial charge is 0.190 e. The monoisotopic (exact) mass is 618 g/mol. The summed E-state index contributed by atoms with van der Waals surface area (Å²) in [6, 6.07) is 33.2. The fraction of sp³-hybridized carbons (Fsp3) is 0.227. The molecule has 0 unspecified atom stereocenters. The lowest BCUT2D eigenvalue weighted by Crippen LogP contribution is -2.80. The molecule has 0 amide bonds. The number of benzene rings is 4. The molecule has 48 heavy (non-hydrogen) atoms. The quantitative estimate of drug-likeness (QED) is 0.152. The highest BCUT2D eigenvalue weighted by Gasteiger charge is 2.67. The number of para-hydroxylation sites is 2. The highest BCUT2D eigenvalue weighted by molar-refractivity contribution is 6.16. The predicted octanol–water partition coefficient (Wildman–Crippen LogP) is 8.30. The van der Waals surface area contributed by atoms with Crippen LogP contribution in [0.2, 0.25) is 0 Å². The maximum absolute atomic E-state index is 2.70. The Morgan fingerprint density at radius 1 is 0.396 bits per heavy atom. The van der Waals surface area contributed by atoms with Crippen molar-refractivity contribution < 1.29 is 9.13 Å². The van der Waals surface area contributed by atoms with Crippen LogP contribution in [0.1, 0.15) is 86.1 Å². The van der Waals surface area contributed by atoms with E-state index in [-0.39, 0.29) is 16.2 Å². The number of pyridine rings is 2. The van der Waals surface area contributed by atoms with Crippen LogP contribution in [0, 0.1) is 0 Å². The molecular weight excluding hydrogens is 585 g/mol. The molecule has 4 aromatic heterocycles. The minimum Gasteiger partial charge on any atom is -0.190 e. The Morgan fingerprint density at radius 2 is 0.792 bits per heavy atom. The molecule has 0 saturated heterocycles. The van der Waals surface area contributed by atoms with Crippen LogP contribution < -0.4 is 9.13 Å². The van der Waals surface area contributed by atoms with Gasteiger partial charge in [-0.15, -0.1) is 0 Å². The van der Waals surface area contributed by atoms with Crippen molar-refractivity contribution >= 4 is 43.6 Å². The van der Waals surface area contributed by atoms with E-state index in [1.54, 1.807) is 0 Å². The molecule has 4 heteroatoms. The van der Waals surface area contributed by atoms with Gasteiger partial charge in [0, 0.05) is 48.9 Å². The zero-order valence-electron chi connectivity index (χ0n) is 28.0. The molecule has 0 atom stereocenters. The zero-order chi connectivity index (χ0) is 32.0. The molecule has 5 aliphatic rings. The average molecular weight is 619 g/mol. The summed E-state index contributed by atoms with van der Waals surface area (Å²) < 4.78 is 10.7. The van der Waals surface area contributed by atoms with E-state index in [2.05, 4.69) is 157 Å². The van der Waals surface area contributed by atoms with Gasteiger partial charge in [-0.25, -0.2) is 0 Å². The van der Waals surface area contributed by atoms with E-state index in [1.807, 2.05) is 0 Å². The fourth-order valence-electron chi connectivity index (χ4n) is 11.6. The second-order valence-corrected chi connectivity index (χ2v) is 16.6. The highest BCUT2D eigenvalue weighted by atomic mass is 15.4. The van der Waals surface area contributed by atoms with Gasteiger partial charge in [0.25, 0.3) is 11.6 Å². The van der Waals surface area contributed by atoms with Crippen molar-refractivity contribution in [1.29, 1.82) is 0 Å². The van der Waals surface area contributed by atoms with Crippen LogP contribution in [0.15, 0.2) is 97.3 Å². The second-order valence-electron chi connectivity index (χ2n) is 16.6. The number of rotatable bonds is 0. The first kappa shape index (κ1) is 24.9. The lowest BCUT2D eigenvalue weighted by atomic mass is 9.62. The molecule has 8 heterocycles. The summed E-state index contributed by atoms with van der Waals surface area (Å²) in [4.78, 5) is 0. The van der Waals surface area contributed by atoms with Crippen molar-refractivity contribution in [3.05, 3.63) is 142 Å². The third kappa shape index (κ3) is 2.06. The first-order valence-electron chi connectivity index (χ1n) is 17.5. The summed E-state index contributed by atoms with van der Waals surface area (Å²) in [5.41, 5.74) is 15.6. The van der Waals surface area contributed by atoms with Gasteiger partial charge in [0.15, 0.2) is 11.0 Å². The molecule has 8 aromatic rings. The Labute approximate surface area is 278 Å². The van der Waals surface area contributed by atoms with Gasteiger partial charge in [-0.3, -0.25) is 0 Å². The molecule has 0 radical (unpaired) electrons. The van der Waals surface area contributed by atoms with Gasteiger partial charge >= 0.3 is 5.66 Å². The fourth-order valence-corrected chi connectivity index (χ4v) is 11.6. The van der Waals surface area contributed by atoms with E-state index >= 15 is 0 Å². The van der Waals surface area contributed by atoms with E-state index in [0.717, 1.165) is 0 Å². The normalized spacial score (nSPS) is 19.3. The summed E-state index contributed by atoms with van der Waals surface area (Å²) in [7, 11) is 0. The summed E-state index contributed by atoms with van der Waals surface area (Å²) in [6.45, 7) is 14.6. The molecule has 0 N–H and O–H groups in total. The molecule has 4 aliphatic heterocycles. The van der Waals surface area contributed by atoms with Gasteiger partial charge < -0.3 is 0 Å². The van der Waals surface area contributed by atoms with Crippen molar-refractivity contribution in [2.24, 2.45) is 0 Å². The van der Waals surface area contributed by atoms with Crippen LogP contribution in [0.4, 0.5) is 0 Å². The summed E-state index contributed by atoms with van der Waals surface area (Å²) in [5, 5.41) is 5.42. The van der Waals surface area contributed by atoms with Gasteiger partial charge in [0.05, 0.1) is 23.5 Å². The lowest BCUT2D eigenvalue weighted by Gasteiger charge is -2.48. The molecule has 0 fully saturated rings. The predicted molar refractivity (Wildman–Crippen MR) is 190 cm³/mol. The van der Waals surface area contributed by atoms with Crippen molar-refractivity contribution in [2.75, 3.05) is 0 Å². The van der Waals surface area contributed by atoms with Crippen LogP contribution in [0.5, 0.6) is 0 Å². The topological polar surface area (TPSA) is 17.6 Å². The summed E-state index contributed by atoms with van der Waals surface area (Å²) in [5.74, 6) is 2.61. The van der Waals surface area contributed by atoms with Crippen molar-refractivity contribution in [2.45, 2.75) is 63.5 Å². The Morgan fingerprint density at radius 3 is 1.25 bits per heavy atom. The van der Waals surface area contributed by atoms with Crippen LogP contribution in [-0.4, -0.2) is 9.13 Å². The molecule has 0 saturated carbocycles. The summed E-state index contributed by atoms with van der Waals surface area (Å²) >= 11 is 0. The maximum Gasteiger partial charge on any atom is 0.315 e. The molecule has 13 rings (SSSR count). The Balaban J connectivity index is 1.43. The van der Waals surface area contributed by atoms with E-state index in [1.165, 1.54) is 99.8 Å². The highest BCUT2D eigenvalue weighted by Crippen LogP contribution is 2.60. The minimum absolute atomic E-state index is 0.163. The average Bonchev–Trinajstić information content (AvgIpc) is 3.61. The van der Waals surface area contributed by atoms with Crippen molar-refractivity contribution in [1.82, 2.24) is 9.13 Å². The first-order valence-corrected chi connectivity index (χ1v) is 17.5. The van der Waals surface area contributed by atoms with Crippen molar-refractivity contribution in [3.8, 4) is 11.6 Å². The molecular formula is C44H34N4+2. The molecule has 0 bridgehead atoms. The first-order chi connectivity index (χ1) is 23.1. The third-order valence-corrected chi connectivity index (χ3v) is 13.7. The van der Waals surface area contributed by atoms with E-state index < -0.39 is 5.66 Å². The zero-order valence-corrected chi connectivity index (χ0v) is 28.0. The largest absolute Gasteiger partial charge is 0.315 e. The molecule has 228 valence electrons. The van der Waals surface area contributed by atoms with Crippen LogP contribution in [0.3, 0.4) is 0 Å². The lowest BCUT2D eigenvalue weighted by molar-refractivity contribution is -0.968. The van der Waals surface area contributed by atoms with Crippen LogP contribution in [-0.2, 0) is 21.9 Å². The van der Waals surface area contributed by atoms with E-state index in [4.69, 9.17) is 0 Å². The summed E-state index contributed by atoms with van der Waals surface area (Å²) in [6.07, 6.45) is 4.79. The number of nitrogens with zero attached hydrogens (tertiary/aromatic N) is 4. The second kappa shape index (κ2) is 6.84. The minimum atomic E-state index is -0.619. The Bertz CT molecular complexity index is 2780. The Kier molecular flexibility index (Phi) is 3.55. The maximum atomic E-state index is 2.70. The SMILES string of the molecule is CC1(C)c2ccc3c4cccc5c4n4c3c2C2(c3c1ccc1c6cccc7c6n(c31)-c1c(ccc[n+]12)C7(C)C)[n+]1cccc(c1-4)C5(C)C. The number of hydrogen-bond acceptors (Lipinski definition) is 0. The van der Waals surface area contributed by atoms with Gasteiger partial charge in [-0.05, 0) is 59.7 Å². The molecule has 4 aromatic carbocycles. The van der Waals surface area contributed by atoms with Gasteiger partial charge in [0.2, 0.25) is 0 Å². The van der Waals surface area contributed by atoms with Gasteiger partial charge in [-0.1, -0.05) is 77.9 Å². The van der Waals surface area contributed by atoms with E-state index in [9.17, 15) is 0 Å². The third-order valence-electron chi connectivity index (χ3n) is 13.7. The molecule has 4 nitrogen and oxygen atoms in total. The van der Waals surface area contributed by atoms with Crippen LogP contribution >= 0.6 is 0 Å². The van der Waals surface area contributed by atoms with Crippen molar-refractivity contribution in [3.63, 3.8) is 0 Å². The molecule has 1 spiro atoms.